The summed E-state index contributed by atoms with van der Waals surface area (Å²) in [5, 5.41) is 0.276. The summed E-state index contributed by atoms with van der Waals surface area (Å²) in [5.41, 5.74) is -4.88. The summed E-state index contributed by atoms with van der Waals surface area (Å²) >= 11 is 0. The standard InChI is InChI=1S/C12H8F3N3O4S/c1-18-10-7-4-6(22-23(20,21)12(13,14)15)2-3-8(7)16-5-9(10)17-11(18)19/h2-5H,1H3,(H,17,19). The minimum absolute atomic E-state index is 0.276. The van der Waals surface area contributed by atoms with E-state index in [2.05, 4.69) is 14.2 Å². The van der Waals surface area contributed by atoms with Crippen molar-refractivity contribution in [3.8, 4) is 5.75 Å². The summed E-state index contributed by atoms with van der Waals surface area (Å²) in [5.74, 6) is -0.530. The third-order valence-electron chi connectivity index (χ3n) is 3.18. The molecule has 0 saturated carbocycles. The van der Waals surface area contributed by atoms with Crippen LogP contribution >= 0.6 is 0 Å². The molecule has 0 radical (unpaired) electrons. The van der Waals surface area contributed by atoms with Crippen LogP contribution in [0.5, 0.6) is 5.75 Å². The fourth-order valence-corrected chi connectivity index (χ4v) is 2.59. The largest absolute Gasteiger partial charge is 0.534 e. The van der Waals surface area contributed by atoms with E-state index in [4.69, 9.17) is 0 Å². The van der Waals surface area contributed by atoms with E-state index in [1.807, 2.05) is 0 Å². The summed E-state index contributed by atoms with van der Waals surface area (Å²) in [7, 11) is -4.32. The van der Waals surface area contributed by atoms with Gasteiger partial charge in [-0.15, -0.1) is 0 Å². The molecule has 23 heavy (non-hydrogen) atoms. The Morgan fingerprint density at radius 1 is 1.30 bits per heavy atom. The Kier molecular flexibility index (Phi) is 3.15. The highest BCUT2D eigenvalue weighted by Crippen LogP contribution is 2.30. The maximum atomic E-state index is 12.4. The molecule has 1 N–H and O–H groups in total. The average Bonchev–Trinajstić information content (AvgIpc) is 2.73. The minimum Gasteiger partial charge on any atom is -0.376 e. The molecule has 0 unspecified atom stereocenters. The van der Waals surface area contributed by atoms with E-state index < -0.39 is 27.1 Å². The number of pyridine rings is 1. The van der Waals surface area contributed by atoms with Crippen LogP contribution in [-0.2, 0) is 17.2 Å². The second-order valence-corrected chi connectivity index (χ2v) is 6.21. The molecule has 3 aromatic rings. The number of H-pyrrole nitrogens is 1. The number of alkyl halides is 3. The molecule has 0 spiro atoms. The van der Waals surface area contributed by atoms with E-state index in [-0.39, 0.29) is 5.39 Å². The van der Waals surface area contributed by atoms with E-state index in [0.29, 0.717) is 16.6 Å². The van der Waals surface area contributed by atoms with E-state index in [9.17, 15) is 26.4 Å². The Balaban J connectivity index is 2.22. The fraction of sp³-hybridized carbons (Fsp3) is 0.167. The first-order chi connectivity index (χ1) is 10.6. The smallest absolute Gasteiger partial charge is 0.376 e. The number of halogens is 3. The Hall–Kier alpha value is -2.56. The summed E-state index contributed by atoms with van der Waals surface area (Å²) in [6.07, 6.45) is 1.39. The molecular formula is C12H8F3N3O4S. The van der Waals surface area contributed by atoms with Crippen molar-refractivity contribution in [3.05, 3.63) is 34.9 Å². The first-order valence-corrected chi connectivity index (χ1v) is 7.49. The zero-order valence-corrected chi connectivity index (χ0v) is 12.2. The number of aromatic amines is 1. The number of fused-ring (bicyclic) bond motifs is 3. The zero-order chi connectivity index (χ0) is 17.0. The van der Waals surface area contributed by atoms with Crippen LogP contribution in [0.25, 0.3) is 21.9 Å². The number of rotatable bonds is 2. The van der Waals surface area contributed by atoms with Gasteiger partial charge in [-0.3, -0.25) is 9.55 Å². The van der Waals surface area contributed by atoms with Crippen LogP contribution in [0, 0.1) is 0 Å². The van der Waals surface area contributed by atoms with Crippen LogP contribution in [-0.4, -0.2) is 28.5 Å². The van der Waals surface area contributed by atoms with Crippen LogP contribution in [0.2, 0.25) is 0 Å². The van der Waals surface area contributed by atoms with Crippen LogP contribution in [0.1, 0.15) is 0 Å². The lowest BCUT2D eigenvalue weighted by Gasteiger charge is -2.10. The summed E-state index contributed by atoms with van der Waals surface area (Å²) in [4.78, 5) is 18.2. The van der Waals surface area contributed by atoms with Gasteiger partial charge in [-0.2, -0.15) is 21.6 Å². The first-order valence-electron chi connectivity index (χ1n) is 6.08. The van der Waals surface area contributed by atoms with Crippen molar-refractivity contribution >= 4 is 32.1 Å². The Labute approximate surface area is 126 Å². The molecule has 2 heterocycles. The van der Waals surface area contributed by atoms with Gasteiger partial charge in [0, 0.05) is 12.4 Å². The molecule has 122 valence electrons. The molecule has 7 nitrogen and oxygen atoms in total. The lowest BCUT2D eigenvalue weighted by atomic mass is 10.2. The predicted molar refractivity (Wildman–Crippen MR) is 74.4 cm³/mol. The molecular weight excluding hydrogens is 339 g/mol. The fourth-order valence-electron chi connectivity index (χ4n) is 2.14. The minimum atomic E-state index is -5.77. The van der Waals surface area contributed by atoms with Gasteiger partial charge in [-0.05, 0) is 18.2 Å². The van der Waals surface area contributed by atoms with Crippen molar-refractivity contribution in [1.82, 2.24) is 14.5 Å². The number of imidazole rings is 1. The van der Waals surface area contributed by atoms with Crippen molar-refractivity contribution in [3.63, 3.8) is 0 Å². The predicted octanol–water partition coefficient (Wildman–Crippen LogP) is 1.64. The molecule has 11 heteroatoms. The molecule has 0 fully saturated rings. The van der Waals surface area contributed by atoms with Crippen LogP contribution in [0.4, 0.5) is 13.2 Å². The Bertz CT molecular complexity index is 1080. The molecule has 0 atom stereocenters. The quantitative estimate of drug-likeness (QED) is 0.562. The third-order valence-corrected chi connectivity index (χ3v) is 4.16. The highest BCUT2D eigenvalue weighted by Gasteiger charge is 2.48. The highest BCUT2D eigenvalue weighted by molar-refractivity contribution is 7.88. The molecule has 0 amide bonds. The molecule has 3 rings (SSSR count). The molecule has 0 aliphatic rings. The topological polar surface area (TPSA) is 94.0 Å². The average molecular weight is 347 g/mol. The summed E-state index contributed by atoms with van der Waals surface area (Å²) in [6, 6.07) is 3.43. The van der Waals surface area contributed by atoms with Gasteiger partial charge in [0.15, 0.2) is 0 Å². The lowest BCUT2D eigenvalue weighted by Crippen LogP contribution is -2.28. The second-order valence-electron chi connectivity index (χ2n) is 4.67. The summed E-state index contributed by atoms with van der Waals surface area (Å²) in [6.45, 7) is 0. The van der Waals surface area contributed by atoms with E-state index in [1.165, 1.54) is 23.9 Å². The molecule has 0 aliphatic carbocycles. The lowest BCUT2D eigenvalue weighted by molar-refractivity contribution is -0.0500. The van der Waals surface area contributed by atoms with Gasteiger partial charge in [-0.1, -0.05) is 0 Å². The number of hydrogen-bond acceptors (Lipinski definition) is 5. The van der Waals surface area contributed by atoms with Crippen molar-refractivity contribution < 1.29 is 25.8 Å². The maximum absolute atomic E-state index is 12.4. The Morgan fingerprint density at radius 3 is 2.65 bits per heavy atom. The molecule has 1 aromatic carbocycles. The number of benzene rings is 1. The molecule has 0 aliphatic heterocycles. The van der Waals surface area contributed by atoms with Crippen molar-refractivity contribution in [1.29, 1.82) is 0 Å². The van der Waals surface area contributed by atoms with Crippen LogP contribution in [0.15, 0.2) is 29.2 Å². The van der Waals surface area contributed by atoms with Gasteiger partial charge in [0.1, 0.15) is 5.75 Å². The van der Waals surface area contributed by atoms with Gasteiger partial charge in [0.25, 0.3) is 0 Å². The van der Waals surface area contributed by atoms with Crippen molar-refractivity contribution in [2.45, 2.75) is 5.51 Å². The number of aromatic nitrogens is 3. The van der Waals surface area contributed by atoms with Crippen molar-refractivity contribution in [2.75, 3.05) is 0 Å². The van der Waals surface area contributed by atoms with Crippen LogP contribution < -0.4 is 9.87 Å². The van der Waals surface area contributed by atoms with Crippen LogP contribution in [0.3, 0.4) is 0 Å². The van der Waals surface area contributed by atoms with Gasteiger partial charge in [-0.25, -0.2) is 4.79 Å². The number of nitrogens with one attached hydrogen (secondary N) is 1. The monoisotopic (exact) mass is 347 g/mol. The van der Waals surface area contributed by atoms with E-state index in [1.54, 1.807) is 0 Å². The second kappa shape index (κ2) is 4.72. The van der Waals surface area contributed by atoms with E-state index in [0.717, 1.165) is 12.1 Å². The highest BCUT2D eigenvalue weighted by atomic mass is 32.2. The third kappa shape index (κ3) is 2.42. The number of nitrogens with zero attached hydrogens (tertiary/aromatic N) is 2. The number of aryl methyl sites for hydroxylation is 1. The van der Waals surface area contributed by atoms with Gasteiger partial charge in [0.2, 0.25) is 0 Å². The molecule has 0 bridgehead atoms. The number of hydrogen-bond donors (Lipinski definition) is 1. The first kappa shape index (κ1) is 15.3. The van der Waals surface area contributed by atoms with Gasteiger partial charge < -0.3 is 9.17 Å². The van der Waals surface area contributed by atoms with Gasteiger partial charge in [0.05, 0.1) is 22.7 Å². The van der Waals surface area contributed by atoms with Crippen molar-refractivity contribution in [2.24, 2.45) is 7.05 Å². The zero-order valence-electron chi connectivity index (χ0n) is 11.4. The Morgan fingerprint density at radius 2 is 2.00 bits per heavy atom. The SMILES string of the molecule is Cn1c(=O)[nH]c2cnc3ccc(OS(=O)(=O)C(F)(F)F)cc3c21. The summed E-state index contributed by atoms with van der Waals surface area (Å²) < 4.78 is 64.6. The normalized spacial score (nSPS) is 12.9. The van der Waals surface area contributed by atoms with Gasteiger partial charge >= 0.3 is 21.3 Å². The molecule has 2 aromatic heterocycles. The van der Waals surface area contributed by atoms with E-state index >= 15 is 0 Å². The molecule has 0 saturated heterocycles. The maximum Gasteiger partial charge on any atom is 0.534 e.